The Balaban J connectivity index is 2.17. The summed E-state index contributed by atoms with van der Waals surface area (Å²) in [4.78, 5) is 15.8. The number of nitrogens with zero attached hydrogens (tertiary/aromatic N) is 3. The van der Waals surface area contributed by atoms with E-state index < -0.39 is 0 Å². The second kappa shape index (κ2) is 4.30. The average molecular weight is 218 g/mol. The Bertz CT molecular complexity index is 470. The highest BCUT2D eigenvalue weighted by Crippen LogP contribution is 2.02. The number of carbonyl (C=O) groups is 1. The van der Waals surface area contributed by atoms with Gasteiger partial charge in [-0.3, -0.25) is 4.79 Å². The maximum Gasteiger partial charge on any atom is 0.271 e. The molecule has 0 aliphatic heterocycles. The van der Waals surface area contributed by atoms with Gasteiger partial charge in [-0.15, -0.1) is 0 Å². The molecule has 0 atom stereocenters. The fourth-order valence-electron chi connectivity index (χ4n) is 1.33. The molecule has 0 bridgehead atoms. The van der Waals surface area contributed by atoms with Gasteiger partial charge in [0.2, 0.25) is 0 Å². The number of hydrogen-bond acceptors (Lipinski definition) is 3. The average Bonchev–Trinajstić information content (AvgIpc) is 2.69. The number of hydrogen-bond donors (Lipinski definition) is 1. The summed E-state index contributed by atoms with van der Waals surface area (Å²) in [5, 5.41) is 6.95. The minimum absolute atomic E-state index is 0.154. The normalized spacial score (nSPS) is 10.9. The molecule has 0 unspecified atom stereocenters. The molecule has 0 saturated heterocycles. The minimum atomic E-state index is -0.154. The van der Waals surface area contributed by atoms with Gasteiger partial charge in [0.05, 0.1) is 0 Å². The van der Waals surface area contributed by atoms with Crippen molar-refractivity contribution in [1.29, 1.82) is 0 Å². The van der Waals surface area contributed by atoms with Gasteiger partial charge in [-0.25, -0.2) is 9.50 Å². The van der Waals surface area contributed by atoms with Crippen LogP contribution in [0.1, 0.15) is 24.3 Å². The van der Waals surface area contributed by atoms with Gasteiger partial charge in [0.1, 0.15) is 0 Å². The molecular formula is C11H14N4O. The second-order valence-electron chi connectivity index (χ2n) is 4.06. The SMILES string of the molecule is CC(C)CNC(=O)c1cc2ncccn2n1. The zero-order valence-corrected chi connectivity index (χ0v) is 9.34. The van der Waals surface area contributed by atoms with Crippen LogP contribution in [0.3, 0.4) is 0 Å². The summed E-state index contributed by atoms with van der Waals surface area (Å²) in [6.45, 7) is 4.75. The predicted octanol–water partition coefficient (Wildman–Crippen LogP) is 1.12. The third-order valence-electron chi connectivity index (χ3n) is 2.14. The van der Waals surface area contributed by atoms with E-state index in [1.54, 1.807) is 29.0 Å². The quantitative estimate of drug-likeness (QED) is 0.839. The van der Waals surface area contributed by atoms with Crippen molar-refractivity contribution in [2.75, 3.05) is 6.54 Å². The summed E-state index contributed by atoms with van der Waals surface area (Å²) >= 11 is 0. The lowest BCUT2D eigenvalue weighted by molar-refractivity contribution is 0.0943. The Morgan fingerprint density at radius 3 is 3.06 bits per heavy atom. The summed E-state index contributed by atoms with van der Waals surface area (Å²) in [7, 11) is 0. The number of nitrogens with one attached hydrogen (secondary N) is 1. The van der Waals surface area contributed by atoms with E-state index in [9.17, 15) is 4.79 Å². The molecular weight excluding hydrogens is 204 g/mol. The largest absolute Gasteiger partial charge is 0.350 e. The van der Waals surface area contributed by atoms with Gasteiger partial charge in [0, 0.05) is 25.0 Å². The Morgan fingerprint density at radius 1 is 1.56 bits per heavy atom. The van der Waals surface area contributed by atoms with Crippen LogP contribution in [0.15, 0.2) is 24.5 Å². The van der Waals surface area contributed by atoms with Crippen LogP contribution in [0.5, 0.6) is 0 Å². The molecule has 0 spiro atoms. The van der Waals surface area contributed by atoms with E-state index in [0.29, 0.717) is 23.8 Å². The number of rotatable bonds is 3. The maximum absolute atomic E-state index is 11.7. The minimum Gasteiger partial charge on any atom is -0.350 e. The van der Waals surface area contributed by atoms with Gasteiger partial charge in [0.25, 0.3) is 5.91 Å². The molecule has 16 heavy (non-hydrogen) atoms. The monoisotopic (exact) mass is 218 g/mol. The molecule has 5 nitrogen and oxygen atoms in total. The molecule has 2 heterocycles. The number of amides is 1. The second-order valence-corrected chi connectivity index (χ2v) is 4.06. The first-order chi connectivity index (χ1) is 7.66. The molecule has 0 fully saturated rings. The van der Waals surface area contributed by atoms with Crippen LogP contribution in [-0.2, 0) is 0 Å². The van der Waals surface area contributed by atoms with E-state index in [-0.39, 0.29) is 5.91 Å². The Kier molecular flexibility index (Phi) is 2.85. The zero-order valence-electron chi connectivity index (χ0n) is 9.34. The summed E-state index contributed by atoms with van der Waals surface area (Å²) in [5.41, 5.74) is 1.08. The molecule has 0 radical (unpaired) electrons. The van der Waals surface area contributed by atoms with Gasteiger partial charge < -0.3 is 5.32 Å². The molecule has 2 aromatic heterocycles. The first-order valence-electron chi connectivity index (χ1n) is 5.25. The van der Waals surface area contributed by atoms with Crippen molar-refractivity contribution in [3.8, 4) is 0 Å². The molecule has 84 valence electrons. The van der Waals surface area contributed by atoms with Crippen LogP contribution in [0, 0.1) is 5.92 Å². The van der Waals surface area contributed by atoms with E-state index >= 15 is 0 Å². The van der Waals surface area contributed by atoms with Crippen molar-refractivity contribution >= 4 is 11.6 Å². The van der Waals surface area contributed by atoms with Crippen molar-refractivity contribution in [1.82, 2.24) is 19.9 Å². The predicted molar refractivity (Wildman–Crippen MR) is 60.2 cm³/mol. The first kappa shape index (κ1) is 10.6. The topological polar surface area (TPSA) is 59.3 Å². The van der Waals surface area contributed by atoms with E-state index in [1.165, 1.54) is 0 Å². The Labute approximate surface area is 93.5 Å². The van der Waals surface area contributed by atoms with E-state index in [2.05, 4.69) is 15.4 Å². The van der Waals surface area contributed by atoms with Gasteiger partial charge in [-0.1, -0.05) is 13.8 Å². The van der Waals surface area contributed by atoms with Gasteiger partial charge in [0.15, 0.2) is 11.3 Å². The molecule has 0 aliphatic rings. The fraction of sp³-hybridized carbons (Fsp3) is 0.364. The first-order valence-corrected chi connectivity index (χ1v) is 5.25. The van der Waals surface area contributed by atoms with Crippen LogP contribution >= 0.6 is 0 Å². The van der Waals surface area contributed by atoms with Gasteiger partial charge in [-0.2, -0.15) is 5.10 Å². The van der Waals surface area contributed by atoms with Crippen LogP contribution in [0.25, 0.3) is 5.65 Å². The van der Waals surface area contributed by atoms with E-state index in [1.807, 2.05) is 13.8 Å². The summed E-state index contributed by atoms with van der Waals surface area (Å²) < 4.78 is 1.59. The highest BCUT2D eigenvalue weighted by atomic mass is 16.1. The third-order valence-corrected chi connectivity index (χ3v) is 2.14. The number of aromatic nitrogens is 3. The van der Waals surface area contributed by atoms with Crippen molar-refractivity contribution in [3.63, 3.8) is 0 Å². The lowest BCUT2D eigenvalue weighted by atomic mass is 10.2. The molecule has 0 aromatic carbocycles. The van der Waals surface area contributed by atoms with E-state index in [4.69, 9.17) is 0 Å². The summed E-state index contributed by atoms with van der Waals surface area (Å²) in [5.74, 6) is 0.276. The smallest absolute Gasteiger partial charge is 0.271 e. The van der Waals surface area contributed by atoms with Crippen molar-refractivity contribution < 1.29 is 4.79 Å². The molecule has 0 saturated carbocycles. The van der Waals surface area contributed by atoms with Crippen LogP contribution in [0.4, 0.5) is 0 Å². The lowest BCUT2D eigenvalue weighted by Gasteiger charge is -2.04. The Hall–Kier alpha value is -1.91. The standard InChI is InChI=1S/C11H14N4O/c1-8(2)7-13-11(16)9-6-10-12-4-3-5-15(10)14-9/h3-6,8H,7H2,1-2H3,(H,13,16). The van der Waals surface area contributed by atoms with E-state index in [0.717, 1.165) is 0 Å². The fourth-order valence-corrected chi connectivity index (χ4v) is 1.33. The van der Waals surface area contributed by atoms with Crippen molar-refractivity contribution in [2.24, 2.45) is 5.92 Å². The zero-order chi connectivity index (χ0) is 11.5. The maximum atomic E-state index is 11.7. The van der Waals surface area contributed by atoms with Gasteiger partial charge >= 0.3 is 0 Å². The molecule has 0 aliphatic carbocycles. The lowest BCUT2D eigenvalue weighted by Crippen LogP contribution is -2.27. The van der Waals surface area contributed by atoms with Crippen LogP contribution in [0.2, 0.25) is 0 Å². The molecule has 2 rings (SSSR count). The molecule has 1 amide bonds. The van der Waals surface area contributed by atoms with Crippen molar-refractivity contribution in [3.05, 3.63) is 30.2 Å². The van der Waals surface area contributed by atoms with Crippen molar-refractivity contribution in [2.45, 2.75) is 13.8 Å². The highest BCUT2D eigenvalue weighted by Gasteiger charge is 2.10. The Morgan fingerprint density at radius 2 is 2.38 bits per heavy atom. The summed E-state index contributed by atoms with van der Waals surface area (Å²) in [6.07, 6.45) is 3.44. The van der Waals surface area contributed by atoms with Crippen LogP contribution in [-0.4, -0.2) is 27.0 Å². The molecule has 5 heteroatoms. The number of fused-ring (bicyclic) bond motifs is 1. The third kappa shape index (κ3) is 2.18. The molecule has 1 N–H and O–H groups in total. The summed E-state index contributed by atoms with van der Waals surface area (Å²) in [6, 6.07) is 3.45. The number of carbonyl (C=O) groups excluding carboxylic acids is 1. The van der Waals surface area contributed by atoms with Crippen LogP contribution < -0.4 is 5.32 Å². The highest BCUT2D eigenvalue weighted by molar-refractivity contribution is 5.93. The molecule has 2 aromatic rings. The van der Waals surface area contributed by atoms with Gasteiger partial charge in [-0.05, 0) is 12.0 Å².